The van der Waals surface area contributed by atoms with Crippen LogP contribution in [0.3, 0.4) is 0 Å². The van der Waals surface area contributed by atoms with Gasteiger partial charge >= 0.3 is 0 Å². The molecule has 1 fully saturated rings. The van der Waals surface area contributed by atoms with Crippen LogP contribution in [-0.2, 0) is 11.3 Å². The van der Waals surface area contributed by atoms with E-state index < -0.39 is 15.7 Å². The van der Waals surface area contributed by atoms with Crippen LogP contribution in [0, 0.1) is 11.2 Å². The van der Waals surface area contributed by atoms with Crippen molar-refractivity contribution in [2.75, 3.05) is 24.3 Å². The van der Waals surface area contributed by atoms with Gasteiger partial charge in [-0.15, -0.1) is 0 Å². The third-order valence-electron chi connectivity index (χ3n) is 6.04. The number of ether oxygens (including phenoxy) is 1. The number of nitrogens with one attached hydrogen (secondary N) is 2. The number of carbonyl (C=O) groups excluding carboxylic acids is 1. The molecule has 0 bridgehead atoms. The van der Waals surface area contributed by atoms with Crippen molar-refractivity contribution in [2.24, 2.45) is 5.41 Å². The summed E-state index contributed by atoms with van der Waals surface area (Å²) in [7, 11) is 1.59. The van der Waals surface area contributed by atoms with E-state index in [1.165, 1.54) is 12.1 Å². The van der Waals surface area contributed by atoms with Gasteiger partial charge in [0.1, 0.15) is 22.2 Å². The highest BCUT2D eigenvalue weighted by Crippen LogP contribution is 2.73. The molecule has 2 atom stereocenters. The summed E-state index contributed by atoms with van der Waals surface area (Å²) < 4.78 is 17.3. The second kappa shape index (κ2) is 9.82. The largest absolute Gasteiger partial charge is 0.496 e. The van der Waals surface area contributed by atoms with E-state index in [-0.39, 0.29) is 12.4 Å². The maximum Gasteiger partial charge on any atom is 0.140 e. The molecule has 0 aromatic heterocycles. The normalized spacial score (nSPS) is 20.5. The van der Waals surface area contributed by atoms with Crippen LogP contribution in [0.2, 0.25) is 10.0 Å². The van der Waals surface area contributed by atoms with Crippen LogP contribution < -0.4 is 15.4 Å². The first-order valence-electron chi connectivity index (χ1n) is 10.4. The summed E-state index contributed by atoms with van der Waals surface area (Å²) in [5.74, 6) is -0.0823. The zero-order valence-corrected chi connectivity index (χ0v) is 21.1. The monoisotopic (exact) mass is 540 g/mol. The van der Waals surface area contributed by atoms with Gasteiger partial charge in [-0.05, 0) is 66.2 Å². The predicted octanol–water partition coefficient (Wildman–Crippen LogP) is 7.32. The van der Waals surface area contributed by atoms with E-state index in [0.29, 0.717) is 27.9 Å². The van der Waals surface area contributed by atoms with Crippen molar-refractivity contribution in [1.82, 2.24) is 0 Å². The maximum absolute atomic E-state index is 13.2. The van der Waals surface area contributed by atoms with Crippen LogP contribution >= 0.6 is 46.4 Å². The van der Waals surface area contributed by atoms with Gasteiger partial charge in [0.2, 0.25) is 0 Å². The number of hydrogen-bond acceptors (Lipinski definition) is 4. The molecule has 0 radical (unpaired) electrons. The Balaban J connectivity index is 1.51. The highest BCUT2D eigenvalue weighted by atomic mass is 35.5. The van der Waals surface area contributed by atoms with Crippen molar-refractivity contribution in [3.8, 4) is 5.75 Å². The molecule has 3 aromatic rings. The number of carbonyl (C=O) groups is 1. The molecule has 1 aliphatic carbocycles. The highest BCUT2D eigenvalue weighted by molar-refractivity contribution is 6.54. The summed E-state index contributed by atoms with van der Waals surface area (Å²) in [4.78, 5) is 12.2. The number of rotatable bonds is 9. The first kappa shape index (κ1) is 24.9. The highest BCUT2D eigenvalue weighted by Gasteiger charge is 2.76. The number of halogens is 5. The minimum atomic E-state index is -1.31. The van der Waals surface area contributed by atoms with Crippen molar-refractivity contribution in [3.63, 3.8) is 0 Å². The first-order valence-corrected chi connectivity index (χ1v) is 11.9. The molecule has 0 saturated heterocycles. The van der Waals surface area contributed by atoms with E-state index in [4.69, 9.17) is 51.1 Å². The lowest BCUT2D eigenvalue weighted by Crippen LogP contribution is -2.23. The van der Waals surface area contributed by atoms with Gasteiger partial charge in [-0.3, -0.25) is 0 Å². The summed E-state index contributed by atoms with van der Waals surface area (Å²) in [6, 6.07) is 16.7. The van der Waals surface area contributed by atoms with Crippen LogP contribution in [0.15, 0.2) is 60.7 Å². The van der Waals surface area contributed by atoms with E-state index in [0.717, 1.165) is 23.2 Å². The zero-order chi connectivity index (χ0) is 24.5. The molecule has 3 aromatic carbocycles. The number of aldehydes is 1. The Morgan fingerprint density at radius 1 is 0.971 bits per heavy atom. The van der Waals surface area contributed by atoms with Gasteiger partial charge in [0.05, 0.1) is 12.5 Å². The second-order valence-corrected chi connectivity index (χ2v) is 10.4. The number of hydrogen-bond donors (Lipinski definition) is 2. The minimum absolute atomic E-state index is 0.204. The zero-order valence-electron chi connectivity index (χ0n) is 18.0. The van der Waals surface area contributed by atoms with Crippen molar-refractivity contribution >= 4 is 64.1 Å². The molecule has 34 heavy (non-hydrogen) atoms. The van der Waals surface area contributed by atoms with Gasteiger partial charge in [-0.1, -0.05) is 46.4 Å². The Morgan fingerprint density at radius 2 is 1.62 bits per heavy atom. The fraction of sp³-hybridized carbons (Fsp3) is 0.240. The molecule has 2 N–H and O–H groups in total. The second-order valence-electron chi connectivity index (χ2n) is 8.16. The van der Waals surface area contributed by atoms with Gasteiger partial charge in [-0.25, -0.2) is 4.39 Å². The summed E-state index contributed by atoms with van der Waals surface area (Å²) >= 11 is 25.5. The van der Waals surface area contributed by atoms with E-state index in [1.807, 2.05) is 18.2 Å². The van der Waals surface area contributed by atoms with Crippen molar-refractivity contribution in [1.29, 1.82) is 0 Å². The lowest BCUT2D eigenvalue weighted by molar-refractivity contribution is -0.112. The molecule has 9 heteroatoms. The van der Waals surface area contributed by atoms with E-state index in [1.54, 1.807) is 37.4 Å². The van der Waals surface area contributed by atoms with Crippen molar-refractivity contribution < 1.29 is 13.9 Å². The molecular weight excluding hydrogens is 521 g/mol. The average Bonchev–Trinajstić information content (AvgIpc) is 3.31. The molecule has 0 heterocycles. The molecular formula is C25H21Cl4FN2O2. The topological polar surface area (TPSA) is 50.4 Å². The number of methoxy groups -OCH3 is 1. The Labute approximate surface area is 217 Å². The summed E-state index contributed by atoms with van der Waals surface area (Å²) in [6.45, 7) is 0.650. The Hall–Kier alpha value is -2.18. The molecule has 4 nitrogen and oxygen atoms in total. The summed E-state index contributed by atoms with van der Waals surface area (Å²) in [6.07, 6.45) is 0.792. The molecule has 0 aliphatic heterocycles. The molecule has 4 rings (SSSR count). The molecule has 0 spiro atoms. The third-order valence-corrected chi connectivity index (χ3v) is 7.61. The van der Waals surface area contributed by atoms with Gasteiger partial charge in [0.25, 0.3) is 0 Å². The Morgan fingerprint density at radius 3 is 2.24 bits per heavy atom. The summed E-state index contributed by atoms with van der Waals surface area (Å²) in [5, 5.41) is 7.41. The fourth-order valence-corrected chi connectivity index (χ4v) is 5.69. The fourth-order valence-electron chi connectivity index (χ4n) is 4.17. The molecule has 1 saturated carbocycles. The number of benzene rings is 3. The SMILES string of the molecule is COc1ccc(NCC2(C=O)C(c3cc(Cl)cc(Cl)c3)C2(Cl)Cl)cc1CNc1ccc(F)cc1. The quantitative estimate of drug-likeness (QED) is 0.220. The van der Waals surface area contributed by atoms with E-state index in [9.17, 15) is 9.18 Å². The predicted molar refractivity (Wildman–Crippen MR) is 137 cm³/mol. The first-order chi connectivity index (χ1) is 16.2. The van der Waals surface area contributed by atoms with Crippen LogP contribution in [-0.4, -0.2) is 24.3 Å². The lowest BCUT2D eigenvalue weighted by atomic mass is 10.00. The van der Waals surface area contributed by atoms with Crippen molar-refractivity contribution in [2.45, 2.75) is 16.8 Å². The maximum atomic E-state index is 13.2. The molecule has 2 unspecified atom stereocenters. The number of anilines is 2. The lowest BCUT2D eigenvalue weighted by Gasteiger charge is -2.16. The van der Waals surface area contributed by atoms with Crippen LogP contribution in [0.25, 0.3) is 0 Å². The average molecular weight is 542 g/mol. The van der Waals surface area contributed by atoms with Gasteiger partial charge < -0.3 is 20.2 Å². The third kappa shape index (κ3) is 4.80. The van der Waals surface area contributed by atoms with Crippen LogP contribution in [0.1, 0.15) is 17.0 Å². The van der Waals surface area contributed by atoms with E-state index >= 15 is 0 Å². The van der Waals surface area contributed by atoms with Gasteiger partial charge in [0, 0.05) is 46.0 Å². The minimum Gasteiger partial charge on any atom is -0.496 e. The molecule has 1 aliphatic rings. The Kier molecular flexibility index (Phi) is 7.20. The van der Waals surface area contributed by atoms with Crippen molar-refractivity contribution in [3.05, 3.63) is 87.7 Å². The number of alkyl halides is 2. The van der Waals surface area contributed by atoms with Crippen LogP contribution in [0.5, 0.6) is 5.75 Å². The molecule has 0 amide bonds. The summed E-state index contributed by atoms with van der Waals surface area (Å²) in [5.41, 5.74) is 2.05. The Bertz CT molecular complexity index is 1190. The standard InChI is InChI=1S/C25H21Cl4FN2O2/c1-34-22-7-6-21(10-16(22)12-31-20-4-2-19(30)3-5-20)32-13-24(14-33)23(25(24,28)29)15-8-17(26)11-18(27)9-15/h2-11,14,23,31-32H,12-13H2,1H3. The van der Waals surface area contributed by atoms with Gasteiger partial charge in [-0.2, -0.15) is 0 Å². The smallest absolute Gasteiger partial charge is 0.140 e. The molecule has 178 valence electrons. The van der Waals surface area contributed by atoms with Gasteiger partial charge in [0.15, 0.2) is 0 Å². The van der Waals surface area contributed by atoms with E-state index in [2.05, 4.69) is 10.6 Å². The van der Waals surface area contributed by atoms with Crippen LogP contribution in [0.4, 0.5) is 15.8 Å².